The van der Waals surface area contributed by atoms with Crippen LogP contribution in [0.4, 0.5) is 5.69 Å². The van der Waals surface area contributed by atoms with Crippen LogP contribution in [0.5, 0.6) is 17.2 Å². The van der Waals surface area contributed by atoms with Gasteiger partial charge in [0.25, 0.3) is 0 Å². The molecule has 3 rings (SSSR count). The molecular formula is C19H21NO4. The Kier molecular flexibility index (Phi) is 3.87. The first-order valence-corrected chi connectivity index (χ1v) is 7.68. The molecule has 0 aromatic heterocycles. The molecule has 0 unspecified atom stereocenters. The number of carbonyl (C=O) groups is 1. The Morgan fingerprint density at radius 3 is 2.04 bits per heavy atom. The van der Waals surface area contributed by atoms with Crippen molar-refractivity contribution in [1.82, 2.24) is 0 Å². The van der Waals surface area contributed by atoms with Crippen molar-refractivity contribution in [3.63, 3.8) is 0 Å². The summed E-state index contributed by atoms with van der Waals surface area (Å²) < 4.78 is 16.2. The molecule has 0 saturated carbocycles. The SMILES string of the molecule is COc1cc(-c2ccc3c(c2)C(C)(C)C(=O)N3)cc(OC)c1OC. The molecule has 2 aromatic rings. The van der Waals surface area contributed by atoms with Crippen LogP contribution >= 0.6 is 0 Å². The molecule has 1 aliphatic heterocycles. The molecule has 0 saturated heterocycles. The third-order valence-electron chi connectivity index (χ3n) is 4.51. The van der Waals surface area contributed by atoms with Gasteiger partial charge in [0.05, 0.1) is 26.7 Å². The summed E-state index contributed by atoms with van der Waals surface area (Å²) in [5, 5.41) is 2.92. The molecular weight excluding hydrogens is 306 g/mol. The van der Waals surface area contributed by atoms with E-state index in [4.69, 9.17) is 14.2 Å². The molecule has 24 heavy (non-hydrogen) atoms. The van der Waals surface area contributed by atoms with E-state index in [0.717, 1.165) is 22.4 Å². The summed E-state index contributed by atoms with van der Waals surface area (Å²) in [6, 6.07) is 9.75. The van der Waals surface area contributed by atoms with Crippen molar-refractivity contribution in [2.24, 2.45) is 0 Å². The average Bonchev–Trinajstić information content (AvgIpc) is 2.82. The van der Waals surface area contributed by atoms with Crippen LogP contribution in [0.15, 0.2) is 30.3 Å². The van der Waals surface area contributed by atoms with Gasteiger partial charge < -0.3 is 19.5 Å². The fraction of sp³-hybridized carbons (Fsp3) is 0.316. The van der Waals surface area contributed by atoms with E-state index in [9.17, 15) is 4.79 Å². The highest BCUT2D eigenvalue weighted by molar-refractivity contribution is 6.06. The molecule has 2 aromatic carbocycles. The van der Waals surface area contributed by atoms with Gasteiger partial charge in [0, 0.05) is 5.69 Å². The van der Waals surface area contributed by atoms with Crippen molar-refractivity contribution in [2.75, 3.05) is 26.6 Å². The van der Waals surface area contributed by atoms with Crippen LogP contribution < -0.4 is 19.5 Å². The van der Waals surface area contributed by atoms with Crippen LogP contribution in [-0.4, -0.2) is 27.2 Å². The normalized spacial score (nSPS) is 14.8. The van der Waals surface area contributed by atoms with Crippen LogP contribution in [0.2, 0.25) is 0 Å². The lowest BCUT2D eigenvalue weighted by atomic mass is 9.84. The molecule has 5 nitrogen and oxygen atoms in total. The predicted octanol–water partition coefficient (Wildman–Crippen LogP) is 3.61. The van der Waals surface area contributed by atoms with Crippen molar-refractivity contribution in [1.29, 1.82) is 0 Å². The summed E-state index contributed by atoms with van der Waals surface area (Å²) in [7, 11) is 4.76. The molecule has 0 fully saturated rings. The molecule has 0 radical (unpaired) electrons. The first kappa shape index (κ1) is 16.2. The molecule has 0 atom stereocenters. The fourth-order valence-corrected chi connectivity index (χ4v) is 3.00. The average molecular weight is 327 g/mol. The van der Waals surface area contributed by atoms with Gasteiger partial charge in [0.1, 0.15) is 0 Å². The maximum absolute atomic E-state index is 12.1. The van der Waals surface area contributed by atoms with E-state index in [1.807, 2.05) is 44.2 Å². The Bertz CT molecular complexity index is 786. The summed E-state index contributed by atoms with van der Waals surface area (Å²) in [5.74, 6) is 1.77. The minimum Gasteiger partial charge on any atom is -0.493 e. The molecule has 1 amide bonds. The number of rotatable bonds is 4. The minimum atomic E-state index is -0.550. The second-order valence-electron chi connectivity index (χ2n) is 6.25. The van der Waals surface area contributed by atoms with Crippen molar-refractivity contribution in [2.45, 2.75) is 19.3 Å². The van der Waals surface area contributed by atoms with Gasteiger partial charge in [-0.1, -0.05) is 6.07 Å². The van der Waals surface area contributed by atoms with E-state index in [-0.39, 0.29) is 5.91 Å². The Labute approximate surface area is 141 Å². The maximum Gasteiger partial charge on any atom is 0.234 e. The lowest BCUT2D eigenvalue weighted by Gasteiger charge is -2.17. The number of hydrogen-bond donors (Lipinski definition) is 1. The minimum absolute atomic E-state index is 0.0135. The van der Waals surface area contributed by atoms with Crippen molar-refractivity contribution in [3.05, 3.63) is 35.9 Å². The van der Waals surface area contributed by atoms with Crippen molar-refractivity contribution >= 4 is 11.6 Å². The third kappa shape index (κ3) is 2.37. The second-order valence-corrected chi connectivity index (χ2v) is 6.25. The van der Waals surface area contributed by atoms with Gasteiger partial charge >= 0.3 is 0 Å². The number of nitrogens with one attached hydrogen (secondary N) is 1. The predicted molar refractivity (Wildman–Crippen MR) is 93.2 cm³/mol. The van der Waals surface area contributed by atoms with Gasteiger partial charge in [-0.25, -0.2) is 0 Å². The highest BCUT2D eigenvalue weighted by Gasteiger charge is 2.38. The fourth-order valence-electron chi connectivity index (χ4n) is 3.00. The van der Waals surface area contributed by atoms with E-state index in [2.05, 4.69) is 5.32 Å². The summed E-state index contributed by atoms with van der Waals surface area (Å²) in [6.07, 6.45) is 0. The summed E-state index contributed by atoms with van der Waals surface area (Å²) >= 11 is 0. The quantitative estimate of drug-likeness (QED) is 0.932. The molecule has 1 aliphatic rings. The maximum atomic E-state index is 12.1. The monoisotopic (exact) mass is 327 g/mol. The number of carbonyl (C=O) groups excluding carboxylic acids is 1. The molecule has 126 valence electrons. The Balaban J connectivity index is 2.14. The number of anilines is 1. The van der Waals surface area contributed by atoms with Crippen LogP contribution in [0, 0.1) is 0 Å². The van der Waals surface area contributed by atoms with E-state index in [0.29, 0.717) is 17.2 Å². The molecule has 0 aliphatic carbocycles. The number of benzene rings is 2. The molecule has 1 N–H and O–H groups in total. The van der Waals surface area contributed by atoms with Crippen LogP contribution in [0.3, 0.4) is 0 Å². The van der Waals surface area contributed by atoms with Gasteiger partial charge in [0.15, 0.2) is 11.5 Å². The number of ether oxygens (including phenoxy) is 3. The molecule has 5 heteroatoms. The Morgan fingerprint density at radius 1 is 0.875 bits per heavy atom. The van der Waals surface area contributed by atoms with Gasteiger partial charge in [-0.15, -0.1) is 0 Å². The van der Waals surface area contributed by atoms with E-state index in [1.54, 1.807) is 21.3 Å². The van der Waals surface area contributed by atoms with E-state index in [1.165, 1.54) is 0 Å². The number of methoxy groups -OCH3 is 3. The topological polar surface area (TPSA) is 56.8 Å². The molecule has 0 spiro atoms. The van der Waals surface area contributed by atoms with Gasteiger partial charge in [0.2, 0.25) is 11.7 Å². The van der Waals surface area contributed by atoms with Gasteiger partial charge in [-0.05, 0) is 54.8 Å². The van der Waals surface area contributed by atoms with Gasteiger partial charge in [-0.3, -0.25) is 4.79 Å². The lowest BCUT2D eigenvalue weighted by Crippen LogP contribution is -2.26. The molecule has 0 bridgehead atoms. The van der Waals surface area contributed by atoms with Crippen LogP contribution in [0.1, 0.15) is 19.4 Å². The van der Waals surface area contributed by atoms with Crippen LogP contribution in [0.25, 0.3) is 11.1 Å². The van der Waals surface area contributed by atoms with E-state index >= 15 is 0 Å². The highest BCUT2D eigenvalue weighted by Crippen LogP contribution is 2.44. The zero-order valence-electron chi connectivity index (χ0n) is 14.5. The first-order valence-electron chi connectivity index (χ1n) is 7.68. The summed E-state index contributed by atoms with van der Waals surface area (Å²) in [4.78, 5) is 12.1. The Morgan fingerprint density at radius 2 is 1.50 bits per heavy atom. The number of amides is 1. The van der Waals surface area contributed by atoms with E-state index < -0.39 is 5.41 Å². The number of hydrogen-bond acceptors (Lipinski definition) is 4. The first-order chi connectivity index (χ1) is 11.4. The largest absolute Gasteiger partial charge is 0.493 e. The smallest absolute Gasteiger partial charge is 0.234 e. The van der Waals surface area contributed by atoms with Gasteiger partial charge in [-0.2, -0.15) is 0 Å². The highest BCUT2D eigenvalue weighted by atomic mass is 16.5. The summed E-state index contributed by atoms with van der Waals surface area (Å²) in [5.41, 5.74) is 3.21. The number of fused-ring (bicyclic) bond motifs is 1. The van der Waals surface area contributed by atoms with Crippen molar-refractivity contribution in [3.8, 4) is 28.4 Å². The molecule has 1 heterocycles. The zero-order chi connectivity index (χ0) is 17.5. The second kappa shape index (κ2) is 5.74. The van der Waals surface area contributed by atoms with Crippen molar-refractivity contribution < 1.29 is 19.0 Å². The third-order valence-corrected chi connectivity index (χ3v) is 4.51. The standard InChI is InChI=1S/C19H21NO4/c1-19(2)13-8-11(6-7-14(13)20-18(19)21)12-9-15(22-3)17(24-5)16(10-12)23-4/h6-10H,1-5H3,(H,20,21). The zero-order valence-corrected chi connectivity index (χ0v) is 14.5. The summed E-state index contributed by atoms with van der Waals surface area (Å²) in [6.45, 7) is 3.85. The van der Waals surface area contributed by atoms with Crippen LogP contribution in [-0.2, 0) is 10.2 Å². The lowest BCUT2D eigenvalue weighted by molar-refractivity contribution is -0.119. The Hall–Kier alpha value is -2.69.